The highest BCUT2D eigenvalue weighted by molar-refractivity contribution is 7.99. The molecule has 2 aromatic rings. The molecule has 0 aromatic heterocycles. The van der Waals surface area contributed by atoms with Crippen molar-refractivity contribution in [3.05, 3.63) is 59.1 Å². The van der Waals surface area contributed by atoms with Crippen molar-refractivity contribution in [1.29, 1.82) is 0 Å². The maximum Gasteiger partial charge on any atom is 0.351 e. The molecule has 0 aliphatic heterocycles. The van der Waals surface area contributed by atoms with Crippen molar-refractivity contribution in [1.82, 2.24) is 0 Å². The summed E-state index contributed by atoms with van der Waals surface area (Å²) in [5, 5.41) is 0.682. The van der Waals surface area contributed by atoms with Gasteiger partial charge in [-0.15, -0.1) is 0 Å². The monoisotopic (exact) mass is 385 g/mol. The lowest BCUT2D eigenvalue weighted by Gasteiger charge is -2.24. The van der Waals surface area contributed by atoms with Crippen LogP contribution in [0.2, 0.25) is 5.02 Å². The molecule has 0 radical (unpaired) electrons. The molecule has 24 heavy (non-hydrogen) atoms. The highest BCUT2D eigenvalue weighted by Gasteiger charge is 2.35. The predicted molar refractivity (Wildman–Crippen MR) is 99.8 cm³/mol. The number of halogens is 1. The van der Waals surface area contributed by atoms with Crippen molar-refractivity contribution in [2.75, 3.05) is 13.2 Å². The maximum absolute atomic E-state index is 13.0. The Bertz CT molecular complexity index is 701. The highest BCUT2D eigenvalue weighted by Crippen LogP contribution is 2.59. The molecule has 7 heteroatoms. The molecule has 4 nitrogen and oxygen atoms in total. The van der Waals surface area contributed by atoms with E-state index in [4.69, 9.17) is 26.4 Å². The van der Waals surface area contributed by atoms with Gasteiger partial charge in [0, 0.05) is 14.8 Å². The van der Waals surface area contributed by atoms with Crippen molar-refractivity contribution in [3.63, 3.8) is 0 Å². The molecular formula is C17H21ClNO3PS. The van der Waals surface area contributed by atoms with Gasteiger partial charge in [0.05, 0.1) is 13.2 Å². The first-order valence-electron chi connectivity index (χ1n) is 7.67. The third kappa shape index (κ3) is 4.85. The van der Waals surface area contributed by atoms with Gasteiger partial charge < -0.3 is 14.8 Å². The molecule has 0 amide bonds. The van der Waals surface area contributed by atoms with E-state index in [0.717, 1.165) is 15.4 Å². The van der Waals surface area contributed by atoms with Crippen LogP contribution in [0.25, 0.3) is 0 Å². The van der Waals surface area contributed by atoms with Crippen LogP contribution in [0.3, 0.4) is 0 Å². The summed E-state index contributed by atoms with van der Waals surface area (Å²) in [6, 6.07) is 15.1. The third-order valence-electron chi connectivity index (χ3n) is 3.24. The van der Waals surface area contributed by atoms with Gasteiger partial charge in [0.1, 0.15) is 5.78 Å². The van der Waals surface area contributed by atoms with Gasteiger partial charge in [0.2, 0.25) is 0 Å². The Morgan fingerprint density at radius 2 is 1.67 bits per heavy atom. The second kappa shape index (κ2) is 9.04. The van der Waals surface area contributed by atoms with E-state index in [1.54, 1.807) is 13.8 Å². The molecule has 0 unspecified atom stereocenters. The minimum atomic E-state index is -3.43. The van der Waals surface area contributed by atoms with Crippen LogP contribution < -0.4 is 5.73 Å². The maximum atomic E-state index is 13.0. The van der Waals surface area contributed by atoms with Crippen LogP contribution in [0.4, 0.5) is 0 Å². The predicted octanol–water partition coefficient (Wildman–Crippen LogP) is 5.71. The first-order valence-corrected chi connectivity index (χ1v) is 10.5. The van der Waals surface area contributed by atoms with Crippen LogP contribution >= 0.6 is 31.0 Å². The molecule has 2 aromatic carbocycles. The van der Waals surface area contributed by atoms with Crippen molar-refractivity contribution in [3.8, 4) is 0 Å². The van der Waals surface area contributed by atoms with Gasteiger partial charge in [-0.2, -0.15) is 0 Å². The second-order valence-electron chi connectivity index (χ2n) is 4.91. The van der Waals surface area contributed by atoms with Crippen LogP contribution in [0, 0.1) is 0 Å². The Hall–Kier alpha value is -0.810. The molecule has 0 saturated heterocycles. The molecule has 1 atom stereocenters. The SMILES string of the molecule is CCOP(=O)(OCC)[C@@H](N)c1ccccc1Sc1ccc(Cl)cc1. The minimum absolute atomic E-state index is 0.275. The second-order valence-corrected chi connectivity index (χ2v) is 8.62. The largest absolute Gasteiger partial charge is 0.351 e. The summed E-state index contributed by atoms with van der Waals surface area (Å²) in [7, 11) is -3.43. The topological polar surface area (TPSA) is 61.5 Å². The van der Waals surface area contributed by atoms with E-state index < -0.39 is 13.4 Å². The van der Waals surface area contributed by atoms with E-state index in [1.165, 1.54) is 11.8 Å². The Morgan fingerprint density at radius 1 is 1.08 bits per heavy atom. The van der Waals surface area contributed by atoms with Crippen LogP contribution in [0.1, 0.15) is 25.2 Å². The highest BCUT2D eigenvalue weighted by atomic mass is 35.5. The van der Waals surface area contributed by atoms with Gasteiger partial charge in [-0.25, -0.2) is 0 Å². The average molecular weight is 386 g/mol. The van der Waals surface area contributed by atoms with E-state index in [0.29, 0.717) is 5.02 Å². The van der Waals surface area contributed by atoms with Crippen molar-refractivity contribution < 1.29 is 13.6 Å². The average Bonchev–Trinajstić information content (AvgIpc) is 2.57. The Balaban J connectivity index is 2.33. The van der Waals surface area contributed by atoms with Crippen LogP contribution in [-0.4, -0.2) is 13.2 Å². The Morgan fingerprint density at radius 3 is 2.25 bits per heavy atom. The summed E-state index contributed by atoms with van der Waals surface area (Å²) in [6.45, 7) is 4.09. The summed E-state index contributed by atoms with van der Waals surface area (Å²) in [5.41, 5.74) is 7.02. The molecule has 0 fully saturated rings. The third-order valence-corrected chi connectivity index (χ3v) is 6.79. The lowest BCUT2D eigenvalue weighted by Crippen LogP contribution is -2.15. The lowest BCUT2D eigenvalue weighted by atomic mass is 10.2. The number of benzene rings is 2. The van der Waals surface area contributed by atoms with Gasteiger partial charge in [0.15, 0.2) is 0 Å². The number of hydrogen-bond acceptors (Lipinski definition) is 5. The Labute approximate surface area is 152 Å². The van der Waals surface area contributed by atoms with Gasteiger partial charge in [-0.05, 0) is 49.7 Å². The minimum Gasteiger partial charge on any atom is -0.314 e. The zero-order chi connectivity index (χ0) is 17.6. The zero-order valence-corrected chi connectivity index (χ0v) is 16.1. The fourth-order valence-electron chi connectivity index (χ4n) is 2.18. The van der Waals surface area contributed by atoms with E-state index in [-0.39, 0.29) is 13.2 Å². The molecule has 2 N–H and O–H groups in total. The molecule has 130 valence electrons. The van der Waals surface area contributed by atoms with Crippen molar-refractivity contribution in [2.24, 2.45) is 5.73 Å². The number of nitrogens with two attached hydrogens (primary N) is 1. The standard InChI is InChI=1S/C17H21ClNO3PS/c1-3-21-23(20,22-4-2)17(19)15-7-5-6-8-16(15)24-14-11-9-13(18)10-12-14/h5-12,17H,3-4,19H2,1-2H3/t17-/m1/s1. The first kappa shape index (κ1) is 19.5. The molecular weight excluding hydrogens is 365 g/mol. The summed E-state index contributed by atoms with van der Waals surface area (Å²) in [4.78, 5) is 1.92. The fraction of sp³-hybridized carbons (Fsp3) is 0.294. The summed E-state index contributed by atoms with van der Waals surface area (Å²) in [5.74, 6) is -0.839. The molecule has 0 aliphatic carbocycles. The van der Waals surface area contributed by atoms with Gasteiger partial charge in [0.25, 0.3) is 0 Å². The summed E-state index contributed by atoms with van der Waals surface area (Å²) >= 11 is 7.46. The van der Waals surface area contributed by atoms with Crippen LogP contribution in [0.15, 0.2) is 58.3 Å². The van der Waals surface area contributed by atoms with Crippen molar-refractivity contribution >= 4 is 31.0 Å². The Kier molecular flexibility index (Phi) is 7.35. The van der Waals surface area contributed by atoms with E-state index in [2.05, 4.69) is 0 Å². The quantitative estimate of drug-likeness (QED) is 0.589. The van der Waals surface area contributed by atoms with Crippen molar-refractivity contribution in [2.45, 2.75) is 29.4 Å². The van der Waals surface area contributed by atoms with Gasteiger partial charge in [-0.3, -0.25) is 4.57 Å². The van der Waals surface area contributed by atoms with E-state index >= 15 is 0 Å². The van der Waals surface area contributed by atoms with Gasteiger partial charge >= 0.3 is 7.60 Å². The zero-order valence-electron chi connectivity index (χ0n) is 13.6. The first-order chi connectivity index (χ1) is 11.5. The number of hydrogen-bond donors (Lipinski definition) is 1. The summed E-state index contributed by atoms with van der Waals surface area (Å²) in [6.07, 6.45) is 0. The van der Waals surface area contributed by atoms with Gasteiger partial charge in [-0.1, -0.05) is 41.6 Å². The lowest BCUT2D eigenvalue weighted by molar-refractivity contribution is 0.212. The molecule has 0 heterocycles. The normalized spacial score (nSPS) is 13.0. The fourth-order valence-corrected chi connectivity index (χ4v) is 5.06. The smallest absolute Gasteiger partial charge is 0.314 e. The van der Waals surface area contributed by atoms with Crippen LogP contribution in [-0.2, 0) is 13.6 Å². The summed E-state index contributed by atoms with van der Waals surface area (Å²) < 4.78 is 23.7. The molecule has 0 bridgehead atoms. The van der Waals surface area contributed by atoms with E-state index in [1.807, 2.05) is 48.5 Å². The van der Waals surface area contributed by atoms with E-state index in [9.17, 15) is 4.57 Å². The van der Waals surface area contributed by atoms with Crippen LogP contribution in [0.5, 0.6) is 0 Å². The number of rotatable bonds is 8. The molecule has 0 aliphatic rings. The molecule has 0 spiro atoms. The molecule has 2 rings (SSSR count). The molecule has 0 saturated carbocycles.